The third kappa shape index (κ3) is 5.51. The smallest absolute Gasteiger partial charge is 0.335 e. The van der Waals surface area contributed by atoms with Gasteiger partial charge in [-0.3, -0.25) is 4.79 Å². The number of carbonyl (C=O) groups is 2. The Labute approximate surface area is 173 Å². The average molecular weight is 415 g/mol. The number of halogens is 2. The van der Waals surface area contributed by atoms with Crippen molar-refractivity contribution in [1.29, 1.82) is 0 Å². The summed E-state index contributed by atoms with van der Waals surface area (Å²) in [5.41, 5.74) is 1.63. The maximum absolute atomic E-state index is 13.3. The van der Waals surface area contributed by atoms with Gasteiger partial charge in [-0.05, 0) is 48.2 Å². The van der Waals surface area contributed by atoms with Gasteiger partial charge in [0.25, 0.3) is 0 Å². The number of nitrogens with zero attached hydrogens (tertiary/aromatic N) is 1. The second-order valence-electron chi connectivity index (χ2n) is 7.35. The van der Waals surface area contributed by atoms with E-state index in [9.17, 15) is 23.5 Å². The first-order valence-electron chi connectivity index (χ1n) is 9.75. The topological polar surface area (TPSA) is 77.8 Å². The molecule has 1 aliphatic heterocycles. The van der Waals surface area contributed by atoms with E-state index in [4.69, 9.17) is 5.11 Å². The van der Waals surface area contributed by atoms with Crippen LogP contribution < -0.4 is 0 Å². The van der Waals surface area contributed by atoms with Gasteiger partial charge in [0, 0.05) is 19.4 Å². The number of likely N-dealkylation sites (tertiary alicyclic amines) is 1. The Hall–Kier alpha value is -3.06. The molecule has 1 heterocycles. The predicted molar refractivity (Wildman–Crippen MR) is 107 cm³/mol. The van der Waals surface area contributed by atoms with Crippen LogP contribution in [0.15, 0.2) is 54.6 Å². The van der Waals surface area contributed by atoms with Crippen LogP contribution in [-0.4, -0.2) is 45.7 Å². The zero-order valence-electron chi connectivity index (χ0n) is 16.3. The van der Waals surface area contributed by atoms with Gasteiger partial charge in [0.1, 0.15) is 0 Å². The maximum Gasteiger partial charge on any atom is 0.335 e. The number of aliphatic hydroxyl groups excluding tert-OH is 1. The van der Waals surface area contributed by atoms with Gasteiger partial charge in [-0.15, -0.1) is 0 Å². The van der Waals surface area contributed by atoms with E-state index in [0.717, 1.165) is 17.7 Å². The molecule has 1 amide bonds. The molecule has 1 fully saturated rings. The minimum atomic E-state index is -0.983. The molecule has 2 aromatic rings. The van der Waals surface area contributed by atoms with Crippen LogP contribution in [0.3, 0.4) is 0 Å². The first-order chi connectivity index (χ1) is 14.3. The third-order valence-corrected chi connectivity index (χ3v) is 5.20. The molecule has 1 saturated heterocycles. The molecular weight excluding hydrogens is 392 g/mol. The number of rotatable bonds is 8. The number of carboxylic acids is 1. The summed E-state index contributed by atoms with van der Waals surface area (Å²) >= 11 is 0. The molecule has 0 radical (unpaired) electrons. The number of amides is 1. The van der Waals surface area contributed by atoms with Crippen molar-refractivity contribution in [2.45, 2.75) is 37.8 Å². The molecule has 2 atom stereocenters. The van der Waals surface area contributed by atoms with Gasteiger partial charge >= 0.3 is 5.97 Å². The molecule has 5 nitrogen and oxygen atoms in total. The molecule has 2 N–H and O–H groups in total. The Morgan fingerprint density at radius 3 is 2.50 bits per heavy atom. The second-order valence-corrected chi connectivity index (χ2v) is 7.35. The lowest BCUT2D eigenvalue weighted by atomic mass is 10.1. The largest absolute Gasteiger partial charge is 0.478 e. The molecule has 2 aromatic carbocycles. The van der Waals surface area contributed by atoms with Crippen LogP contribution in [0.1, 0.15) is 34.3 Å². The minimum absolute atomic E-state index is 0.0295. The van der Waals surface area contributed by atoms with Gasteiger partial charge in [0.15, 0.2) is 11.6 Å². The molecule has 1 aliphatic rings. The van der Waals surface area contributed by atoms with Gasteiger partial charge < -0.3 is 15.1 Å². The van der Waals surface area contributed by atoms with Crippen molar-refractivity contribution in [1.82, 2.24) is 4.90 Å². The number of carbonyl (C=O) groups excluding carboxylic acids is 1. The van der Waals surface area contributed by atoms with Crippen LogP contribution in [0.5, 0.6) is 0 Å². The zero-order chi connectivity index (χ0) is 21.7. The number of benzene rings is 2. The second kappa shape index (κ2) is 9.63. The van der Waals surface area contributed by atoms with Gasteiger partial charge in [0.05, 0.1) is 17.7 Å². The monoisotopic (exact) mass is 415 g/mol. The summed E-state index contributed by atoms with van der Waals surface area (Å²) in [6.07, 6.45) is 4.29. The first-order valence-corrected chi connectivity index (χ1v) is 9.75. The van der Waals surface area contributed by atoms with E-state index in [1.165, 1.54) is 18.2 Å². The normalized spacial score (nSPS) is 17.6. The van der Waals surface area contributed by atoms with E-state index in [0.29, 0.717) is 31.4 Å². The van der Waals surface area contributed by atoms with Crippen molar-refractivity contribution in [3.8, 4) is 0 Å². The van der Waals surface area contributed by atoms with Gasteiger partial charge in [0.2, 0.25) is 5.91 Å². The van der Waals surface area contributed by atoms with E-state index in [-0.39, 0.29) is 23.9 Å². The van der Waals surface area contributed by atoms with E-state index >= 15 is 0 Å². The molecule has 3 rings (SSSR count). The molecule has 158 valence electrons. The molecule has 30 heavy (non-hydrogen) atoms. The Morgan fingerprint density at radius 2 is 1.83 bits per heavy atom. The van der Waals surface area contributed by atoms with Crippen molar-refractivity contribution in [3.05, 3.63) is 82.9 Å². The highest BCUT2D eigenvalue weighted by Crippen LogP contribution is 2.21. The lowest BCUT2D eigenvalue weighted by molar-refractivity contribution is -0.128. The van der Waals surface area contributed by atoms with Gasteiger partial charge in [-0.25, -0.2) is 13.6 Å². The number of aliphatic hydroxyl groups is 1. The number of carboxylic acid groups (broad SMARTS) is 1. The van der Waals surface area contributed by atoms with Crippen LogP contribution in [0.4, 0.5) is 8.78 Å². The number of hydrogen-bond acceptors (Lipinski definition) is 3. The molecule has 0 saturated carbocycles. The minimum Gasteiger partial charge on any atom is -0.478 e. The highest BCUT2D eigenvalue weighted by molar-refractivity contribution is 5.87. The lowest BCUT2D eigenvalue weighted by Gasteiger charge is -2.23. The molecular formula is C23H23F2NO4. The molecule has 0 aromatic heterocycles. The Kier molecular flexibility index (Phi) is 6.95. The third-order valence-electron chi connectivity index (χ3n) is 5.20. The summed E-state index contributed by atoms with van der Waals surface area (Å²) < 4.78 is 26.3. The SMILES string of the molecule is O=C(O)c1ccc(CCN2C(=O)CC[C@@H]2/C=C/[C@@H](O)Cc2ccc(F)c(F)c2)cc1. The van der Waals surface area contributed by atoms with Crippen molar-refractivity contribution < 1.29 is 28.6 Å². The van der Waals surface area contributed by atoms with E-state index in [1.54, 1.807) is 29.2 Å². The van der Waals surface area contributed by atoms with Crippen molar-refractivity contribution >= 4 is 11.9 Å². The first kappa shape index (κ1) is 21.6. The molecule has 7 heteroatoms. The maximum atomic E-state index is 13.3. The van der Waals surface area contributed by atoms with Crippen molar-refractivity contribution in [2.75, 3.05) is 6.54 Å². The Balaban J connectivity index is 1.57. The number of hydrogen-bond donors (Lipinski definition) is 2. The van der Waals surface area contributed by atoms with Crippen LogP contribution in [0, 0.1) is 11.6 Å². The van der Waals surface area contributed by atoms with Crippen LogP contribution in [0.2, 0.25) is 0 Å². The predicted octanol–water partition coefficient (Wildman–Crippen LogP) is 3.36. The highest BCUT2D eigenvalue weighted by Gasteiger charge is 2.28. The molecule has 0 bridgehead atoms. The Morgan fingerprint density at radius 1 is 1.13 bits per heavy atom. The fourth-order valence-corrected chi connectivity index (χ4v) is 3.54. The van der Waals surface area contributed by atoms with Gasteiger partial charge in [-0.1, -0.05) is 30.4 Å². The summed E-state index contributed by atoms with van der Waals surface area (Å²) in [6, 6.07) is 9.92. The van der Waals surface area contributed by atoms with Crippen LogP contribution >= 0.6 is 0 Å². The van der Waals surface area contributed by atoms with E-state index in [1.807, 2.05) is 0 Å². The summed E-state index contributed by atoms with van der Waals surface area (Å²) in [5, 5.41) is 19.2. The molecule has 0 aliphatic carbocycles. The van der Waals surface area contributed by atoms with Crippen molar-refractivity contribution in [2.24, 2.45) is 0 Å². The summed E-state index contributed by atoms with van der Waals surface area (Å²) in [4.78, 5) is 24.9. The lowest BCUT2D eigenvalue weighted by Crippen LogP contribution is -2.33. The standard InChI is InChI=1S/C23H23F2NO4/c24-20-9-3-16(14-21(20)25)13-19(27)8-6-18-7-10-22(28)26(18)12-11-15-1-4-17(5-2-15)23(29)30/h1-6,8-9,14,18-19,27H,7,10-13H2,(H,29,30)/b8-6+/t18-,19+/m0/s1. The van der Waals surface area contributed by atoms with Crippen LogP contribution in [-0.2, 0) is 17.6 Å². The van der Waals surface area contributed by atoms with Crippen molar-refractivity contribution in [3.63, 3.8) is 0 Å². The Bertz CT molecular complexity index is 943. The van der Waals surface area contributed by atoms with E-state index in [2.05, 4.69) is 0 Å². The van der Waals surface area contributed by atoms with Gasteiger partial charge in [-0.2, -0.15) is 0 Å². The van der Waals surface area contributed by atoms with E-state index < -0.39 is 23.7 Å². The summed E-state index contributed by atoms with van der Waals surface area (Å²) in [7, 11) is 0. The molecule has 0 spiro atoms. The fourth-order valence-electron chi connectivity index (χ4n) is 3.54. The summed E-state index contributed by atoms with van der Waals surface area (Å²) in [6.45, 7) is 0.486. The highest BCUT2D eigenvalue weighted by atomic mass is 19.2. The quantitative estimate of drug-likeness (QED) is 0.648. The average Bonchev–Trinajstić information content (AvgIpc) is 3.07. The zero-order valence-corrected chi connectivity index (χ0v) is 16.3. The number of aromatic carboxylic acids is 1. The summed E-state index contributed by atoms with van der Waals surface area (Å²) in [5.74, 6) is -2.83. The molecule has 0 unspecified atom stereocenters. The van der Waals surface area contributed by atoms with Crippen LogP contribution in [0.25, 0.3) is 0 Å². The fraction of sp³-hybridized carbons (Fsp3) is 0.304.